The van der Waals surface area contributed by atoms with Gasteiger partial charge in [0.2, 0.25) is 0 Å². The summed E-state index contributed by atoms with van der Waals surface area (Å²) in [6.07, 6.45) is 0.845. The van der Waals surface area contributed by atoms with Crippen LogP contribution in [-0.2, 0) is 14.3 Å². The molecule has 1 heterocycles. The van der Waals surface area contributed by atoms with Gasteiger partial charge in [-0.05, 0) is 36.2 Å². The lowest BCUT2D eigenvalue weighted by molar-refractivity contribution is -0.140. The number of carbonyl (C=O) groups is 2. The fourth-order valence-corrected chi connectivity index (χ4v) is 3.53. The van der Waals surface area contributed by atoms with E-state index in [9.17, 15) is 14.7 Å². The summed E-state index contributed by atoms with van der Waals surface area (Å²) in [5.74, 6) is -1.07. The molecule has 1 amide bonds. The Balaban J connectivity index is 2.10. The third-order valence-electron chi connectivity index (χ3n) is 4.84. The minimum Gasteiger partial charge on any atom is -0.507 e. The van der Waals surface area contributed by atoms with E-state index in [0.717, 1.165) is 6.42 Å². The molecular formula is C23H24ClNO5. The molecule has 1 N–H and O–H groups in total. The highest BCUT2D eigenvalue weighted by atomic mass is 35.5. The largest absolute Gasteiger partial charge is 0.507 e. The SMILES string of the molecule is CCCOc1cccc(/C(O)=C2\C(=O)C(=O)N(CCOC)C2c2ccc(Cl)cc2)c1. The number of rotatable bonds is 8. The van der Waals surface area contributed by atoms with Crippen LogP contribution in [0.3, 0.4) is 0 Å². The second-order valence-corrected chi connectivity index (χ2v) is 7.35. The van der Waals surface area contributed by atoms with Crippen molar-refractivity contribution < 1.29 is 24.2 Å². The zero-order chi connectivity index (χ0) is 21.7. The summed E-state index contributed by atoms with van der Waals surface area (Å²) < 4.78 is 10.7. The molecule has 0 spiro atoms. The number of nitrogens with zero attached hydrogens (tertiary/aromatic N) is 1. The summed E-state index contributed by atoms with van der Waals surface area (Å²) in [6.45, 7) is 3.01. The smallest absolute Gasteiger partial charge is 0.295 e. The van der Waals surface area contributed by atoms with Gasteiger partial charge in [0.25, 0.3) is 11.7 Å². The first-order valence-electron chi connectivity index (χ1n) is 9.74. The van der Waals surface area contributed by atoms with Gasteiger partial charge in [-0.1, -0.05) is 42.8 Å². The van der Waals surface area contributed by atoms with Crippen LogP contribution in [0.15, 0.2) is 54.1 Å². The van der Waals surface area contributed by atoms with Crippen molar-refractivity contribution in [3.63, 3.8) is 0 Å². The number of Topliss-reactive ketones (excluding diaryl/α,β-unsaturated/α-hetero) is 1. The minimum absolute atomic E-state index is 0.0334. The molecule has 6 nitrogen and oxygen atoms in total. The maximum absolute atomic E-state index is 12.9. The van der Waals surface area contributed by atoms with Crippen molar-refractivity contribution >= 4 is 29.1 Å². The van der Waals surface area contributed by atoms with E-state index >= 15 is 0 Å². The van der Waals surface area contributed by atoms with Crippen molar-refractivity contribution in [1.82, 2.24) is 4.90 Å². The number of hydrogen-bond donors (Lipinski definition) is 1. The van der Waals surface area contributed by atoms with Gasteiger partial charge in [-0.3, -0.25) is 9.59 Å². The fraction of sp³-hybridized carbons (Fsp3) is 0.304. The standard InChI is InChI=1S/C23H24ClNO5/c1-3-12-30-18-6-4-5-16(14-18)21(26)19-20(15-7-9-17(24)10-8-15)25(11-13-29-2)23(28)22(19)27/h4-10,14,20,26H,3,11-13H2,1-2H3/b21-19+. The van der Waals surface area contributed by atoms with Crippen molar-refractivity contribution in [3.8, 4) is 5.75 Å². The first-order chi connectivity index (χ1) is 14.5. The van der Waals surface area contributed by atoms with Gasteiger partial charge < -0.3 is 19.5 Å². The van der Waals surface area contributed by atoms with Crippen LogP contribution in [0, 0.1) is 0 Å². The summed E-state index contributed by atoms with van der Waals surface area (Å²) in [7, 11) is 1.52. The van der Waals surface area contributed by atoms with Crippen LogP contribution < -0.4 is 4.74 Å². The van der Waals surface area contributed by atoms with E-state index in [1.807, 2.05) is 6.92 Å². The fourth-order valence-electron chi connectivity index (χ4n) is 3.40. The molecule has 3 rings (SSSR count). The molecular weight excluding hydrogens is 406 g/mol. The summed E-state index contributed by atoms with van der Waals surface area (Å²) in [5.41, 5.74) is 1.12. The predicted molar refractivity (Wildman–Crippen MR) is 115 cm³/mol. The van der Waals surface area contributed by atoms with Gasteiger partial charge in [0.1, 0.15) is 11.5 Å². The summed E-state index contributed by atoms with van der Waals surface area (Å²) in [6, 6.07) is 13.0. The number of ether oxygens (including phenoxy) is 2. The van der Waals surface area contributed by atoms with Crippen molar-refractivity contribution in [2.45, 2.75) is 19.4 Å². The van der Waals surface area contributed by atoms with Crippen molar-refractivity contribution in [1.29, 1.82) is 0 Å². The van der Waals surface area contributed by atoms with Crippen LogP contribution in [0.4, 0.5) is 0 Å². The van der Waals surface area contributed by atoms with Crippen LogP contribution in [0.25, 0.3) is 5.76 Å². The molecule has 1 fully saturated rings. The minimum atomic E-state index is -0.738. The predicted octanol–water partition coefficient (Wildman–Crippen LogP) is 4.20. The Morgan fingerprint density at radius 1 is 1.13 bits per heavy atom. The van der Waals surface area contributed by atoms with Gasteiger partial charge >= 0.3 is 0 Å². The lowest BCUT2D eigenvalue weighted by Crippen LogP contribution is -2.32. The highest BCUT2D eigenvalue weighted by Gasteiger charge is 2.45. The highest BCUT2D eigenvalue weighted by Crippen LogP contribution is 2.39. The molecule has 1 unspecified atom stereocenters. The van der Waals surface area contributed by atoms with E-state index < -0.39 is 17.7 Å². The molecule has 0 radical (unpaired) electrons. The molecule has 0 bridgehead atoms. The Bertz CT molecular complexity index is 954. The topological polar surface area (TPSA) is 76.1 Å². The quantitative estimate of drug-likeness (QED) is 0.386. The number of ketones is 1. The number of amides is 1. The second-order valence-electron chi connectivity index (χ2n) is 6.91. The van der Waals surface area contributed by atoms with Crippen LogP contribution >= 0.6 is 11.6 Å². The summed E-state index contributed by atoms with van der Waals surface area (Å²) in [5, 5.41) is 11.6. The summed E-state index contributed by atoms with van der Waals surface area (Å²) >= 11 is 6.01. The average Bonchev–Trinajstić information content (AvgIpc) is 3.01. The molecule has 0 aromatic heterocycles. The normalized spacial score (nSPS) is 18.1. The van der Waals surface area contributed by atoms with E-state index in [4.69, 9.17) is 21.1 Å². The van der Waals surface area contributed by atoms with Crippen molar-refractivity contribution in [3.05, 3.63) is 70.3 Å². The zero-order valence-corrected chi connectivity index (χ0v) is 17.7. The number of halogens is 1. The number of likely N-dealkylation sites (tertiary alicyclic amines) is 1. The first kappa shape index (κ1) is 21.9. The second kappa shape index (κ2) is 9.78. The number of aliphatic hydroxyl groups is 1. The van der Waals surface area contributed by atoms with Crippen LogP contribution in [0.5, 0.6) is 5.75 Å². The number of carbonyl (C=O) groups excluding carboxylic acids is 2. The maximum atomic E-state index is 12.9. The molecule has 2 aromatic carbocycles. The maximum Gasteiger partial charge on any atom is 0.295 e. The van der Waals surface area contributed by atoms with Gasteiger partial charge in [0, 0.05) is 24.2 Å². The van der Waals surface area contributed by atoms with Crippen LogP contribution in [0.1, 0.15) is 30.5 Å². The Kier molecular flexibility index (Phi) is 7.13. The van der Waals surface area contributed by atoms with Gasteiger partial charge in [0.15, 0.2) is 0 Å². The Morgan fingerprint density at radius 2 is 1.87 bits per heavy atom. The number of hydrogen-bond acceptors (Lipinski definition) is 5. The molecule has 158 valence electrons. The van der Waals surface area contributed by atoms with Crippen LogP contribution in [-0.4, -0.2) is 48.6 Å². The van der Waals surface area contributed by atoms with Gasteiger partial charge in [-0.15, -0.1) is 0 Å². The van der Waals surface area contributed by atoms with Crippen LogP contribution in [0.2, 0.25) is 5.02 Å². The lowest BCUT2D eigenvalue weighted by atomic mass is 9.95. The van der Waals surface area contributed by atoms with Gasteiger partial charge in [-0.2, -0.15) is 0 Å². The van der Waals surface area contributed by atoms with E-state index in [0.29, 0.717) is 28.5 Å². The molecule has 1 saturated heterocycles. The van der Waals surface area contributed by atoms with E-state index in [1.54, 1.807) is 48.5 Å². The third-order valence-corrected chi connectivity index (χ3v) is 5.09. The Labute approximate surface area is 180 Å². The van der Waals surface area contributed by atoms with E-state index in [2.05, 4.69) is 0 Å². The van der Waals surface area contributed by atoms with Crippen molar-refractivity contribution in [2.75, 3.05) is 26.9 Å². The Hall–Kier alpha value is -2.83. The first-order valence-corrected chi connectivity index (χ1v) is 10.1. The monoisotopic (exact) mass is 429 g/mol. The molecule has 1 atom stereocenters. The average molecular weight is 430 g/mol. The highest BCUT2D eigenvalue weighted by molar-refractivity contribution is 6.46. The Morgan fingerprint density at radius 3 is 2.53 bits per heavy atom. The molecule has 1 aliphatic heterocycles. The number of benzene rings is 2. The van der Waals surface area contributed by atoms with Gasteiger partial charge in [-0.25, -0.2) is 0 Å². The molecule has 2 aromatic rings. The number of aliphatic hydroxyl groups excluding tert-OH is 1. The van der Waals surface area contributed by atoms with Gasteiger partial charge in [0.05, 0.1) is 24.8 Å². The zero-order valence-electron chi connectivity index (χ0n) is 16.9. The number of methoxy groups -OCH3 is 1. The molecule has 7 heteroatoms. The summed E-state index contributed by atoms with van der Waals surface area (Å²) in [4.78, 5) is 27.0. The van der Waals surface area contributed by atoms with E-state index in [1.165, 1.54) is 12.0 Å². The van der Waals surface area contributed by atoms with Crippen molar-refractivity contribution in [2.24, 2.45) is 0 Å². The molecule has 30 heavy (non-hydrogen) atoms. The lowest BCUT2D eigenvalue weighted by Gasteiger charge is -2.25. The molecule has 0 aliphatic carbocycles. The molecule has 0 saturated carbocycles. The third kappa shape index (κ3) is 4.50. The van der Waals surface area contributed by atoms with E-state index in [-0.39, 0.29) is 24.5 Å². The molecule has 1 aliphatic rings.